The molecule has 3 rings (SSSR count). The topological polar surface area (TPSA) is 101 Å². The van der Waals surface area contributed by atoms with Crippen LogP contribution in [-0.2, 0) is 11.2 Å². The third-order valence-electron chi connectivity index (χ3n) is 3.04. The van der Waals surface area contributed by atoms with Gasteiger partial charge in [0, 0.05) is 12.1 Å². The Morgan fingerprint density at radius 2 is 2.10 bits per heavy atom. The van der Waals surface area contributed by atoms with E-state index in [1.165, 1.54) is 6.20 Å². The van der Waals surface area contributed by atoms with Gasteiger partial charge < -0.3 is 15.2 Å². The van der Waals surface area contributed by atoms with E-state index >= 15 is 0 Å². The molecule has 21 heavy (non-hydrogen) atoms. The molecule has 2 N–H and O–H groups in total. The minimum atomic E-state index is -1.14. The number of carboxylic acids is 1. The molecule has 7 heteroatoms. The van der Waals surface area contributed by atoms with Crippen molar-refractivity contribution < 1.29 is 19.4 Å². The average molecular weight is 285 g/mol. The third-order valence-corrected chi connectivity index (χ3v) is 3.04. The summed E-state index contributed by atoms with van der Waals surface area (Å²) in [6.07, 6.45) is 3.49. The van der Waals surface area contributed by atoms with Gasteiger partial charge >= 0.3 is 5.97 Å². The highest BCUT2D eigenvalue weighted by atomic mass is 16.5. The molecule has 1 amide bonds. The van der Waals surface area contributed by atoms with E-state index in [9.17, 15) is 9.59 Å². The number of nitrogens with one attached hydrogen (secondary N) is 1. The lowest BCUT2D eigenvalue weighted by atomic mass is 10.0. The fourth-order valence-corrected chi connectivity index (χ4v) is 2.02. The van der Waals surface area contributed by atoms with Gasteiger partial charge in [0.15, 0.2) is 5.69 Å². The number of amides is 1. The smallest absolute Gasteiger partial charge is 0.356 e. The number of aromatic carboxylic acids is 1. The minimum Gasteiger partial charge on any atom is -0.476 e. The molecule has 0 unspecified atom stereocenters. The first-order valence-electron chi connectivity index (χ1n) is 6.28. The SMILES string of the molecule is O=C1CCc2cc(Oc3cnc(C(=O)O)cn3)ccc2N1. The Balaban J connectivity index is 1.79. The summed E-state index contributed by atoms with van der Waals surface area (Å²) in [5.74, 6) is -0.369. The Labute approximate surface area is 119 Å². The van der Waals surface area contributed by atoms with Gasteiger partial charge in [-0.2, -0.15) is 0 Å². The Morgan fingerprint density at radius 3 is 2.81 bits per heavy atom. The first kappa shape index (κ1) is 13.0. The second-order valence-corrected chi connectivity index (χ2v) is 4.51. The molecule has 1 aromatic carbocycles. The maximum Gasteiger partial charge on any atom is 0.356 e. The zero-order valence-electron chi connectivity index (χ0n) is 10.9. The summed E-state index contributed by atoms with van der Waals surface area (Å²) in [6, 6.07) is 5.29. The van der Waals surface area contributed by atoms with E-state index in [1.807, 2.05) is 6.07 Å². The Bertz CT molecular complexity index is 713. The molecule has 1 aliphatic heterocycles. The Kier molecular flexibility index (Phi) is 3.23. The van der Waals surface area contributed by atoms with Gasteiger partial charge in [0.05, 0.1) is 12.4 Å². The van der Waals surface area contributed by atoms with Gasteiger partial charge in [0.1, 0.15) is 5.75 Å². The number of aryl methyl sites for hydroxylation is 1. The molecule has 1 aromatic heterocycles. The lowest BCUT2D eigenvalue weighted by Gasteiger charge is -2.17. The van der Waals surface area contributed by atoms with Crippen LogP contribution in [0.5, 0.6) is 11.6 Å². The number of hydrogen-bond donors (Lipinski definition) is 2. The fourth-order valence-electron chi connectivity index (χ4n) is 2.02. The van der Waals surface area contributed by atoms with Crippen molar-refractivity contribution in [1.82, 2.24) is 9.97 Å². The summed E-state index contributed by atoms with van der Waals surface area (Å²) in [5.41, 5.74) is 1.63. The van der Waals surface area contributed by atoms with Crippen molar-refractivity contribution in [3.63, 3.8) is 0 Å². The number of aromatic nitrogens is 2. The number of carboxylic acid groups (broad SMARTS) is 1. The summed E-state index contributed by atoms with van der Waals surface area (Å²) in [6.45, 7) is 0. The molecule has 0 fully saturated rings. The van der Waals surface area contributed by atoms with Crippen molar-refractivity contribution >= 4 is 17.6 Å². The van der Waals surface area contributed by atoms with Gasteiger partial charge in [-0.15, -0.1) is 0 Å². The standard InChI is InChI=1S/C14H11N3O4/c18-12-4-1-8-5-9(2-3-10(8)17-12)21-13-7-15-11(6-16-13)14(19)20/h2-3,5-7H,1,4H2,(H,17,18)(H,19,20). The van der Waals surface area contributed by atoms with Crippen LogP contribution < -0.4 is 10.1 Å². The van der Waals surface area contributed by atoms with Crippen LogP contribution in [0.25, 0.3) is 0 Å². The van der Waals surface area contributed by atoms with Gasteiger partial charge in [-0.1, -0.05) is 0 Å². The molecule has 0 aliphatic carbocycles. The number of rotatable bonds is 3. The van der Waals surface area contributed by atoms with Crippen LogP contribution in [-0.4, -0.2) is 27.0 Å². The van der Waals surface area contributed by atoms with Gasteiger partial charge in [-0.25, -0.2) is 14.8 Å². The van der Waals surface area contributed by atoms with Crippen molar-refractivity contribution in [3.05, 3.63) is 41.9 Å². The Morgan fingerprint density at radius 1 is 1.24 bits per heavy atom. The number of carbonyl (C=O) groups is 2. The molecular weight excluding hydrogens is 274 g/mol. The van der Waals surface area contributed by atoms with E-state index in [2.05, 4.69) is 15.3 Å². The van der Waals surface area contributed by atoms with Crippen molar-refractivity contribution in [3.8, 4) is 11.6 Å². The fraction of sp³-hybridized carbons (Fsp3) is 0.143. The number of nitrogens with zero attached hydrogens (tertiary/aromatic N) is 2. The maximum absolute atomic E-state index is 11.3. The number of fused-ring (bicyclic) bond motifs is 1. The van der Waals surface area contributed by atoms with Gasteiger partial charge in [0.25, 0.3) is 0 Å². The van der Waals surface area contributed by atoms with E-state index in [1.54, 1.807) is 12.1 Å². The molecule has 0 saturated carbocycles. The van der Waals surface area contributed by atoms with Gasteiger partial charge in [-0.3, -0.25) is 4.79 Å². The molecule has 0 spiro atoms. The van der Waals surface area contributed by atoms with Crippen molar-refractivity contribution in [2.75, 3.05) is 5.32 Å². The monoisotopic (exact) mass is 285 g/mol. The predicted octanol–water partition coefficient (Wildman–Crippen LogP) is 1.85. The number of benzene rings is 1. The lowest BCUT2D eigenvalue weighted by molar-refractivity contribution is -0.116. The van der Waals surface area contributed by atoms with Crippen LogP contribution in [0, 0.1) is 0 Å². The summed E-state index contributed by atoms with van der Waals surface area (Å²) < 4.78 is 5.53. The maximum atomic E-state index is 11.3. The van der Waals surface area contributed by atoms with Crippen LogP contribution >= 0.6 is 0 Å². The van der Waals surface area contributed by atoms with Crippen molar-refractivity contribution in [2.24, 2.45) is 0 Å². The first-order chi connectivity index (χ1) is 10.1. The number of carbonyl (C=O) groups excluding carboxylic acids is 1. The van der Waals surface area contributed by atoms with Crippen LogP contribution in [0.4, 0.5) is 5.69 Å². The first-order valence-corrected chi connectivity index (χ1v) is 6.28. The number of ether oxygens (including phenoxy) is 1. The summed E-state index contributed by atoms with van der Waals surface area (Å²) in [7, 11) is 0. The summed E-state index contributed by atoms with van der Waals surface area (Å²) >= 11 is 0. The van der Waals surface area contributed by atoms with Crippen LogP contribution in [0.3, 0.4) is 0 Å². The summed E-state index contributed by atoms with van der Waals surface area (Å²) in [5, 5.41) is 11.5. The molecule has 2 aromatic rings. The van der Waals surface area contributed by atoms with E-state index in [4.69, 9.17) is 9.84 Å². The van der Waals surface area contributed by atoms with Gasteiger partial charge in [-0.05, 0) is 30.2 Å². The molecule has 7 nitrogen and oxygen atoms in total. The molecular formula is C14H11N3O4. The average Bonchev–Trinajstić information content (AvgIpc) is 2.48. The quantitative estimate of drug-likeness (QED) is 0.892. The predicted molar refractivity (Wildman–Crippen MR) is 72.5 cm³/mol. The highest BCUT2D eigenvalue weighted by Gasteiger charge is 2.15. The van der Waals surface area contributed by atoms with E-state index in [0.717, 1.165) is 17.4 Å². The lowest BCUT2D eigenvalue weighted by Crippen LogP contribution is -2.18. The molecule has 0 radical (unpaired) electrons. The highest BCUT2D eigenvalue weighted by molar-refractivity contribution is 5.94. The van der Waals surface area contributed by atoms with Crippen LogP contribution in [0.1, 0.15) is 22.5 Å². The zero-order chi connectivity index (χ0) is 14.8. The highest BCUT2D eigenvalue weighted by Crippen LogP contribution is 2.28. The van der Waals surface area contributed by atoms with E-state index in [0.29, 0.717) is 18.6 Å². The molecule has 0 saturated heterocycles. The second-order valence-electron chi connectivity index (χ2n) is 4.51. The van der Waals surface area contributed by atoms with Crippen molar-refractivity contribution in [2.45, 2.75) is 12.8 Å². The van der Waals surface area contributed by atoms with Crippen LogP contribution in [0.15, 0.2) is 30.6 Å². The molecule has 0 bridgehead atoms. The summed E-state index contributed by atoms with van der Waals surface area (Å²) in [4.78, 5) is 29.6. The molecule has 1 aliphatic rings. The van der Waals surface area contributed by atoms with Crippen molar-refractivity contribution in [1.29, 1.82) is 0 Å². The molecule has 106 valence electrons. The Hall–Kier alpha value is -2.96. The largest absolute Gasteiger partial charge is 0.476 e. The molecule has 2 heterocycles. The normalized spacial score (nSPS) is 13.2. The van der Waals surface area contributed by atoms with E-state index < -0.39 is 5.97 Å². The third kappa shape index (κ3) is 2.81. The van der Waals surface area contributed by atoms with Gasteiger partial charge in [0.2, 0.25) is 11.8 Å². The van der Waals surface area contributed by atoms with Crippen LogP contribution in [0.2, 0.25) is 0 Å². The zero-order valence-corrected chi connectivity index (χ0v) is 10.9. The van der Waals surface area contributed by atoms with E-state index in [-0.39, 0.29) is 17.5 Å². The minimum absolute atomic E-state index is 0.00583. The number of hydrogen-bond acceptors (Lipinski definition) is 5. The number of anilines is 1. The molecule has 0 atom stereocenters. The second kappa shape index (κ2) is 5.20.